The van der Waals surface area contributed by atoms with E-state index in [1.807, 2.05) is 0 Å². The molecule has 2 heterocycles. The number of imidazole rings is 1. The Morgan fingerprint density at radius 2 is 2.33 bits per heavy atom. The summed E-state index contributed by atoms with van der Waals surface area (Å²) in [6.07, 6.45) is 3.20. The second kappa shape index (κ2) is 2.34. The van der Waals surface area contributed by atoms with E-state index >= 15 is 0 Å². The molecule has 0 radical (unpaired) electrons. The van der Waals surface area contributed by atoms with Gasteiger partial charge in [-0.25, -0.2) is 9.78 Å². The maximum atomic E-state index is 10.7. The van der Waals surface area contributed by atoms with Crippen molar-refractivity contribution < 1.29 is 9.90 Å². The minimum Gasteiger partial charge on any atom is -0.477 e. The molecular weight excluding hydrogens is 156 g/mol. The Morgan fingerprint density at radius 1 is 1.50 bits per heavy atom. The molecule has 0 saturated carbocycles. The monoisotopic (exact) mass is 162 g/mol. The van der Waals surface area contributed by atoms with E-state index in [0.29, 0.717) is 5.65 Å². The summed E-state index contributed by atoms with van der Waals surface area (Å²) in [4.78, 5) is 14.6. The van der Waals surface area contributed by atoms with Crippen molar-refractivity contribution >= 4 is 11.6 Å². The predicted octanol–water partition coefficient (Wildman–Crippen LogP) is 1.03. The lowest BCUT2D eigenvalue weighted by molar-refractivity contribution is 0.0689. The molecule has 0 fully saturated rings. The fourth-order valence-corrected chi connectivity index (χ4v) is 1.12. The van der Waals surface area contributed by atoms with Gasteiger partial charge in [-0.1, -0.05) is 6.07 Å². The zero-order valence-corrected chi connectivity index (χ0v) is 6.14. The van der Waals surface area contributed by atoms with Crippen molar-refractivity contribution in [1.29, 1.82) is 0 Å². The molecular formula is C8H6N2O2. The molecule has 0 unspecified atom stereocenters. The quantitative estimate of drug-likeness (QED) is 0.681. The van der Waals surface area contributed by atoms with Crippen LogP contribution in [0.15, 0.2) is 30.6 Å². The van der Waals surface area contributed by atoms with E-state index < -0.39 is 5.97 Å². The summed E-state index contributed by atoms with van der Waals surface area (Å²) in [6.45, 7) is 0. The lowest BCUT2D eigenvalue weighted by atomic mass is 10.3. The summed E-state index contributed by atoms with van der Waals surface area (Å²) >= 11 is 0. The van der Waals surface area contributed by atoms with Crippen molar-refractivity contribution in [2.24, 2.45) is 0 Å². The number of carboxylic acids is 1. The molecule has 1 N–H and O–H groups in total. The highest BCUT2D eigenvalue weighted by atomic mass is 16.4. The number of rotatable bonds is 1. The van der Waals surface area contributed by atoms with Gasteiger partial charge in [0.1, 0.15) is 11.3 Å². The predicted molar refractivity (Wildman–Crippen MR) is 42.2 cm³/mol. The van der Waals surface area contributed by atoms with E-state index in [9.17, 15) is 4.79 Å². The zero-order valence-electron chi connectivity index (χ0n) is 6.14. The molecule has 60 valence electrons. The molecule has 0 aliphatic carbocycles. The normalized spacial score (nSPS) is 10.3. The highest BCUT2D eigenvalue weighted by Gasteiger charge is 2.06. The summed E-state index contributed by atoms with van der Waals surface area (Å²) < 4.78 is 1.53. The van der Waals surface area contributed by atoms with E-state index in [4.69, 9.17) is 5.11 Å². The summed E-state index contributed by atoms with van der Waals surface area (Å²) in [5.74, 6) is -0.946. The van der Waals surface area contributed by atoms with E-state index in [1.54, 1.807) is 24.5 Å². The molecule has 0 bridgehead atoms. The highest BCUT2D eigenvalue weighted by molar-refractivity contribution is 5.86. The van der Waals surface area contributed by atoms with E-state index in [2.05, 4.69) is 4.98 Å². The van der Waals surface area contributed by atoms with Crippen molar-refractivity contribution in [3.8, 4) is 0 Å². The van der Waals surface area contributed by atoms with Crippen molar-refractivity contribution in [2.45, 2.75) is 0 Å². The number of fused-ring (bicyclic) bond motifs is 1. The third-order valence-electron chi connectivity index (χ3n) is 1.65. The van der Waals surface area contributed by atoms with Gasteiger partial charge >= 0.3 is 5.97 Å². The van der Waals surface area contributed by atoms with E-state index in [-0.39, 0.29) is 5.69 Å². The van der Waals surface area contributed by atoms with Crippen LogP contribution in [0.5, 0.6) is 0 Å². The third-order valence-corrected chi connectivity index (χ3v) is 1.65. The Labute approximate surface area is 68.1 Å². The average molecular weight is 162 g/mol. The molecule has 0 amide bonds. The Hall–Kier alpha value is -1.84. The van der Waals surface area contributed by atoms with Gasteiger partial charge in [0.2, 0.25) is 0 Å². The van der Waals surface area contributed by atoms with Crippen molar-refractivity contribution in [1.82, 2.24) is 9.38 Å². The molecule has 2 aromatic rings. The van der Waals surface area contributed by atoms with Gasteiger partial charge in [0.25, 0.3) is 0 Å². The Kier molecular flexibility index (Phi) is 1.33. The lowest BCUT2D eigenvalue weighted by Crippen LogP contribution is -2.03. The summed E-state index contributed by atoms with van der Waals surface area (Å²) in [5, 5.41) is 8.75. The number of pyridine rings is 1. The molecule has 4 nitrogen and oxygen atoms in total. The van der Waals surface area contributed by atoms with Crippen LogP contribution in [0.4, 0.5) is 0 Å². The number of hydrogen-bond donors (Lipinski definition) is 1. The minimum absolute atomic E-state index is 0.227. The summed E-state index contributed by atoms with van der Waals surface area (Å²) in [6, 6.07) is 4.97. The fourth-order valence-electron chi connectivity index (χ4n) is 1.12. The van der Waals surface area contributed by atoms with Gasteiger partial charge in [-0.2, -0.15) is 0 Å². The maximum Gasteiger partial charge on any atom is 0.352 e. The number of aromatic nitrogens is 2. The molecule has 0 aliphatic rings. The van der Waals surface area contributed by atoms with Crippen LogP contribution in [0.1, 0.15) is 10.5 Å². The molecule has 0 spiro atoms. The first-order valence-electron chi connectivity index (χ1n) is 3.44. The van der Waals surface area contributed by atoms with E-state index in [1.165, 1.54) is 10.5 Å². The number of aromatic carboxylic acids is 1. The first-order chi connectivity index (χ1) is 5.79. The van der Waals surface area contributed by atoms with Crippen LogP contribution in [0.25, 0.3) is 5.65 Å². The molecule has 2 rings (SSSR count). The van der Waals surface area contributed by atoms with Gasteiger partial charge in [-0.05, 0) is 12.1 Å². The number of hydrogen-bond acceptors (Lipinski definition) is 2. The van der Waals surface area contributed by atoms with Gasteiger partial charge < -0.3 is 5.11 Å². The van der Waals surface area contributed by atoms with Crippen LogP contribution in [0, 0.1) is 0 Å². The molecule has 2 aromatic heterocycles. The van der Waals surface area contributed by atoms with Crippen LogP contribution < -0.4 is 0 Å². The molecule has 0 saturated heterocycles. The Bertz CT molecular complexity index is 433. The lowest BCUT2D eigenvalue weighted by Gasteiger charge is -1.97. The summed E-state index contributed by atoms with van der Waals surface area (Å²) in [7, 11) is 0. The number of carboxylic acid groups (broad SMARTS) is 1. The molecule has 0 aliphatic heterocycles. The van der Waals surface area contributed by atoms with Gasteiger partial charge in [0, 0.05) is 12.4 Å². The highest BCUT2D eigenvalue weighted by Crippen LogP contribution is 2.04. The van der Waals surface area contributed by atoms with Crippen molar-refractivity contribution in [3.05, 3.63) is 36.3 Å². The van der Waals surface area contributed by atoms with Gasteiger partial charge in [-0.15, -0.1) is 0 Å². The van der Waals surface area contributed by atoms with Crippen LogP contribution >= 0.6 is 0 Å². The summed E-state index contributed by atoms with van der Waals surface area (Å²) in [5.41, 5.74) is 0.875. The van der Waals surface area contributed by atoms with Gasteiger partial charge in [-0.3, -0.25) is 4.40 Å². The SMILES string of the molecule is O=C(O)c1cccc2nccn12. The largest absolute Gasteiger partial charge is 0.477 e. The van der Waals surface area contributed by atoms with Gasteiger partial charge in [0.05, 0.1) is 0 Å². The van der Waals surface area contributed by atoms with Crippen molar-refractivity contribution in [2.75, 3.05) is 0 Å². The van der Waals surface area contributed by atoms with Gasteiger partial charge in [0.15, 0.2) is 0 Å². The number of nitrogens with zero attached hydrogens (tertiary/aromatic N) is 2. The second-order valence-electron chi connectivity index (χ2n) is 2.37. The van der Waals surface area contributed by atoms with E-state index in [0.717, 1.165) is 0 Å². The van der Waals surface area contributed by atoms with Crippen LogP contribution in [-0.2, 0) is 0 Å². The minimum atomic E-state index is -0.946. The molecule has 12 heavy (non-hydrogen) atoms. The van der Waals surface area contributed by atoms with Crippen LogP contribution in [0.3, 0.4) is 0 Å². The maximum absolute atomic E-state index is 10.7. The standard InChI is InChI=1S/C8H6N2O2/c11-8(12)6-2-1-3-7-9-4-5-10(6)7/h1-5H,(H,11,12). The molecule has 4 heteroatoms. The van der Waals surface area contributed by atoms with Crippen LogP contribution in [-0.4, -0.2) is 20.5 Å². The smallest absolute Gasteiger partial charge is 0.352 e. The molecule has 0 atom stereocenters. The fraction of sp³-hybridized carbons (Fsp3) is 0. The average Bonchev–Trinajstić information content (AvgIpc) is 2.49. The number of carbonyl (C=O) groups is 1. The molecule has 0 aromatic carbocycles. The zero-order chi connectivity index (χ0) is 8.55. The topological polar surface area (TPSA) is 54.6 Å². The Morgan fingerprint density at radius 3 is 3.08 bits per heavy atom. The Balaban J connectivity index is 2.82. The first-order valence-corrected chi connectivity index (χ1v) is 3.44. The van der Waals surface area contributed by atoms with Crippen molar-refractivity contribution in [3.63, 3.8) is 0 Å². The first kappa shape index (κ1) is 6.84. The third kappa shape index (κ3) is 0.852. The second-order valence-corrected chi connectivity index (χ2v) is 2.37. The van der Waals surface area contributed by atoms with Crippen LogP contribution in [0.2, 0.25) is 0 Å².